The van der Waals surface area contributed by atoms with Crippen molar-refractivity contribution in [3.05, 3.63) is 41.1 Å². The highest BCUT2D eigenvalue weighted by Crippen LogP contribution is 2.36. The van der Waals surface area contributed by atoms with Gasteiger partial charge in [-0.2, -0.15) is 4.98 Å². The molecule has 0 amide bonds. The average molecular weight is 398 g/mol. The van der Waals surface area contributed by atoms with Crippen LogP contribution in [0.3, 0.4) is 0 Å². The molecule has 1 saturated carbocycles. The molecule has 0 radical (unpaired) electrons. The Morgan fingerprint density at radius 1 is 1.18 bits per heavy atom. The molecule has 2 aliphatic heterocycles. The van der Waals surface area contributed by atoms with Crippen LogP contribution in [0.5, 0.6) is 0 Å². The number of piperidine rings is 1. The fourth-order valence-corrected chi connectivity index (χ4v) is 5.54. The van der Waals surface area contributed by atoms with Gasteiger partial charge in [0.1, 0.15) is 11.4 Å². The quantitative estimate of drug-likeness (QED) is 0.770. The summed E-state index contributed by atoms with van der Waals surface area (Å²) in [5.74, 6) is 2.76. The maximum Gasteiger partial charge on any atom is 0.227 e. The standard InChI is InChI=1S/C21H27N5OS/c1-13-2-4-14(5-3-13)15-6-9-26(10-7-15)21-24-17-8-11-28(27)19(17)20(25-21)23-18-12-16(18)22/h2-5,15-16,18H,6-12,22H2,1H3,(H,23,24,25). The Kier molecular flexibility index (Phi) is 4.69. The number of nitrogens with zero attached hydrogens (tertiary/aromatic N) is 3. The van der Waals surface area contributed by atoms with Crippen LogP contribution < -0.4 is 16.0 Å². The van der Waals surface area contributed by atoms with Gasteiger partial charge in [-0.05, 0) is 48.8 Å². The van der Waals surface area contributed by atoms with Crippen LogP contribution in [0.4, 0.5) is 11.8 Å². The fraction of sp³-hybridized carbons (Fsp3) is 0.524. The van der Waals surface area contributed by atoms with E-state index in [1.54, 1.807) is 0 Å². The van der Waals surface area contributed by atoms with Crippen molar-refractivity contribution in [2.75, 3.05) is 29.1 Å². The molecule has 5 rings (SSSR count). The predicted molar refractivity (Wildman–Crippen MR) is 112 cm³/mol. The van der Waals surface area contributed by atoms with Crippen LogP contribution in [0.25, 0.3) is 0 Å². The first-order valence-corrected chi connectivity index (χ1v) is 11.5. The number of anilines is 2. The van der Waals surface area contributed by atoms with Gasteiger partial charge in [0, 0.05) is 31.6 Å². The van der Waals surface area contributed by atoms with Crippen molar-refractivity contribution in [1.82, 2.24) is 9.97 Å². The number of nitrogens with two attached hydrogens (primary N) is 1. The van der Waals surface area contributed by atoms with E-state index in [9.17, 15) is 4.55 Å². The number of aromatic nitrogens is 2. The molecule has 7 heteroatoms. The van der Waals surface area contributed by atoms with Gasteiger partial charge in [-0.25, -0.2) is 4.98 Å². The smallest absolute Gasteiger partial charge is 0.227 e. The van der Waals surface area contributed by atoms with Crippen LogP contribution in [0, 0.1) is 6.92 Å². The molecular formula is C21H27N5OS. The predicted octanol–water partition coefficient (Wildman–Crippen LogP) is 2.34. The number of rotatable bonds is 4. The first kappa shape index (κ1) is 18.2. The lowest BCUT2D eigenvalue weighted by Gasteiger charge is -2.32. The highest BCUT2D eigenvalue weighted by atomic mass is 32.2. The molecule has 3 heterocycles. The highest BCUT2D eigenvalue weighted by Gasteiger charge is 2.39. The van der Waals surface area contributed by atoms with Crippen LogP contribution in [-0.4, -0.2) is 45.4 Å². The third kappa shape index (κ3) is 3.47. The van der Waals surface area contributed by atoms with Crippen molar-refractivity contribution in [1.29, 1.82) is 0 Å². The fourth-order valence-electron chi connectivity index (χ4n) is 4.23. The molecule has 1 saturated heterocycles. The molecular weight excluding hydrogens is 370 g/mol. The van der Waals surface area contributed by atoms with Gasteiger partial charge < -0.3 is 20.5 Å². The Bertz CT molecular complexity index is 866. The minimum absolute atomic E-state index is 0.175. The van der Waals surface area contributed by atoms with Gasteiger partial charge in [-0.1, -0.05) is 29.8 Å². The third-order valence-corrected chi connectivity index (χ3v) is 7.62. The largest absolute Gasteiger partial charge is 0.611 e. The van der Waals surface area contributed by atoms with Gasteiger partial charge in [-0.3, -0.25) is 0 Å². The molecule has 1 aromatic carbocycles. The molecule has 3 unspecified atom stereocenters. The number of aryl methyl sites for hydroxylation is 2. The monoisotopic (exact) mass is 397 g/mol. The molecule has 0 bridgehead atoms. The molecule has 1 aromatic heterocycles. The van der Waals surface area contributed by atoms with Crippen LogP contribution in [-0.2, 0) is 17.6 Å². The minimum Gasteiger partial charge on any atom is -0.611 e. The van der Waals surface area contributed by atoms with E-state index in [-0.39, 0.29) is 12.1 Å². The molecule has 2 aromatic rings. The van der Waals surface area contributed by atoms with E-state index < -0.39 is 11.2 Å². The molecule has 1 aliphatic carbocycles. The maximum absolute atomic E-state index is 12.4. The van der Waals surface area contributed by atoms with Crippen LogP contribution in [0.15, 0.2) is 29.2 Å². The van der Waals surface area contributed by atoms with Crippen molar-refractivity contribution >= 4 is 22.9 Å². The second-order valence-corrected chi connectivity index (χ2v) is 9.78. The SMILES string of the molecule is Cc1ccc(C2CCN(c3nc4c(c(NC5CC5N)n3)[S+]([O-])CC4)CC2)cc1. The molecule has 28 heavy (non-hydrogen) atoms. The zero-order chi connectivity index (χ0) is 19.3. The van der Waals surface area contributed by atoms with Crippen LogP contribution in [0.2, 0.25) is 0 Å². The van der Waals surface area contributed by atoms with E-state index in [0.29, 0.717) is 11.7 Å². The van der Waals surface area contributed by atoms with Crippen LogP contribution in [0.1, 0.15) is 42.0 Å². The van der Waals surface area contributed by atoms with Crippen molar-refractivity contribution in [2.45, 2.75) is 55.5 Å². The van der Waals surface area contributed by atoms with Gasteiger partial charge in [0.2, 0.25) is 10.8 Å². The van der Waals surface area contributed by atoms with Crippen LogP contribution >= 0.6 is 0 Å². The van der Waals surface area contributed by atoms with E-state index in [0.717, 1.165) is 61.1 Å². The Morgan fingerprint density at radius 2 is 1.89 bits per heavy atom. The Hall–Kier alpha value is -1.83. The summed E-state index contributed by atoms with van der Waals surface area (Å²) in [6, 6.07) is 9.35. The zero-order valence-corrected chi connectivity index (χ0v) is 17.0. The average Bonchev–Trinajstić information content (AvgIpc) is 3.26. The molecule has 3 aliphatic rings. The molecule has 0 spiro atoms. The van der Waals surface area contributed by atoms with E-state index in [4.69, 9.17) is 15.7 Å². The number of hydrogen-bond donors (Lipinski definition) is 2. The Labute approximate surface area is 169 Å². The summed E-state index contributed by atoms with van der Waals surface area (Å²) in [7, 11) is 0. The topological polar surface area (TPSA) is 90.1 Å². The molecule has 3 N–H and O–H groups in total. The Balaban J connectivity index is 1.34. The van der Waals surface area contributed by atoms with Crippen molar-refractivity contribution in [3.63, 3.8) is 0 Å². The summed E-state index contributed by atoms with van der Waals surface area (Å²) < 4.78 is 12.4. The first-order chi connectivity index (χ1) is 13.6. The first-order valence-electron chi connectivity index (χ1n) is 10.2. The summed E-state index contributed by atoms with van der Waals surface area (Å²) in [4.78, 5) is 12.7. The number of fused-ring (bicyclic) bond motifs is 1. The van der Waals surface area contributed by atoms with E-state index in [1.165, 1.54) is 11.1 Å². The van der Waals surface area contributed by atoms with Gasteiger partial charge in [0.15, 0.2) is 5.82 Å². The molecule has 6 nitrogen and oxygen atoms in total. The lowest BCUT2D eigenvalue weighted by atomic mass is 9.89. The lowest BCUT2D eigenvalue weighted by Crippen LogP contribution is -2.34. The van der Waals surface area contributed by atoms with E-state index >= 15 is 0 Å². The summed E-state index contributed by atoms with van der Waals surface area (Å²) in [6.07, 6.45) is 3.92. The normalized spacial score (nSPS) is 27.0. The number of hydrogen-bond acceptors (Lipinski definition) is 6. The van der Waals surface area contributed by atoms with E-state index in [1.807, 2.05) is 0 Å². The van der Waals surface area contributed by atoms with Crippen molar-refractivity contribution in [3.8, 4) is 0 Å². The molecule has 148 valence electrons. The number of nitrogens with one attached hydrogen (secondary N) is 1. The molecule has 2 fully saturated rings. The lowest BCUT2D eigenvalue weighted by molar-refractivity contribution is 0.499. The van der Waals surface area contributed by atoms with Gasteiger partial charge in [-0.15, -0.1) is 0 Å². The van der Waals surface area contributed by atoms with Crippen molar-refractivity contribution < 1.29 is 4.55 Å². The molecule has 3 atom stereocenters. The van der Waals surface area contributed by atoms with Crippen molar-refractivity contribution in [2.24, 2.45) is 5.73 Å². The van der Waals surface area contributed by atoms with Gasteiger partial charge >= 0.3 is 0 Å². The summed E-state index contributed by atoms with van der Waals surface area (Å²) in [5, 5.41) is 3.42. The minimum atomic E-state index is -1.00. The zero-order valence-electron chi connectivity index (χ0n) is 16.2. The second-order valence-electron chi connectivity index (χ2n) is 8.27. The Morgan fingerprint density at radius 3 is 2.57 bits per heavy atom. The number of benzene rings is 1. The third-order valence-electron chi connectivity index (χ3n) is 6.16. The van der Waals surface area contributed by atoms with Gasteiger partial charge in [0.05, 0.1) is 0 Å². The van der Waals surface area contributed by atoms with Gasteiger partial charge in [0.25, 0.3) is 0 Å². The second kappa shape index (κ2) is 7.21. The highest BCUT2D eigenvalue weighted by molar-refractivity contribution is 7.91. The summed E-state index contributed by atoms with van der Waals surface area (Å²) >= 11 is -1.00. The summed E-state index contributed by atoms with van der Waals surface area (Å²) in [5.41, 5.74) is 9.64. The summed E-state index contributed by atoms with van der Waals surface area (Å²) in [6.45, 7) is 4.02. The maximum atomic E-state index is 12.4. The van der Waals surface area contributed by atoms with E-state index in [2.05, 4.69) is 41.4 Å².